The number of hydrogen-bond donors (Lipinski definition) is 3. The molecule has 2 rings (SSSR count). The molecule has 104 valence electrons. The van der Waals surface area contributed by atoms with E-state index in [4.69, 9.17) is 5.84 Å². The van der Waals surface area contributed by atoms with E-state index in [0.717, 1.165) is 10.0 Å². The van der Waals surface area contributed by atoms with Gasteiger partial charge in [0.1, 0.15) is 5.69 Å². The number of benzene rings is 1. The summed E-state index contributed by atoms with van der Waals surface area (Å²) in [6, 6.07) is 11.0. The van der Waals surface area contributed by atoms with E-state index < -0.39 is 0 Å². The Labute approximate surface area is 125 Å². The molecule has 1 aromatic heterocycles. The Kier molecular flexibility index (Phi) is 4.70. The molecular formula is C14H15BrN4O. The Bertz CT molecular complexity index is 600. The van der Waals surface area contributed by atoms with Crippen LogP contribution in [0.15, 0.2) is 47.1 Å². The third kappa shape index (κ3) is 3.55. The number of hydrogen-bond acceptors (Lipinski definition) is 4. The van der Waals surface area contributed by atoms with Gasteiger partial charge in [0.2, 0.25) is 0 Å². The summed E-state index contributed by atoms with van der Waals surface area (Å²) in [5.41, 5.74) is 4.47. The molecule has 2 aromatic rings. The van der Waals surface area contributed by atoms with Gasteiger partial charge in [-0.15, -0.1) is 0 Å². The molecule has 0 saturated heterocycles. The second kappa shape index (κ2) is 6.49. The maximum absolute atomic E-state index is 12.1. The van der Waals surface area contributed by atoms with Gasteiger partial charge in [-0.05, 0) is 36.8 Å². The van der Waals surface area contributed by atoms with Crippen molar-refractivity contribution in [1.82, 2.24) is 10.3 Å². The topological polar surface area (TPSA) is 80.0 Å². The lowest BCUT2D eigenvalue weighted by Crippen LogP contribution is -2.27. The van der Waals surface area contributed by atoms with Crippen molar-refractivity contribution in [1.29, 1.82) is 0 Å². The number of halogens is 1. The van der Waals surface area contributed by atoms with Crippen LogP contribution in [0, 0.1) is 0 Å². The van der Waals surface area contributed by atoms with Gasteiger partial charge in [0.15, 0.2) is 0 Å². The van der Waals surface area contributed by atoms with E-state index >= 15 is 0 Å². The van der Waals surface area contributed by atoms with E-state index in [1.807, 2.05) is 31.2 Å². The Morgan fingerprint density at radius 3 is 2.65 bits per heavy atom. The molecule has 0 aliphatic carbocycles. The SMILES string of the molecule is CC(NC(=O)c1cc(NN)ccn1)c1ccc(Br)cc1. The van der Waals surface area contributed by atoms with Gasteiger partial charge in [0.25, 0.3) is 5.91 Å². The number of nitrogens with zero attached hydrogens (tertiary/aromatic N) is 1. The van der Waals surface area contributed by atoms with Crippen molar-refractivity contribution < 1.29 is 4.79 Å². The van der Waals surface area contributed by atoms with Crippen LogP contribution in [0.3, 0.4) is 0 Å². The van der Waals surface area contributed by atoms with E-state index in [2.05, 4.69) is 31.7 Å². The van der Waals surface area contributed by atoms with Gasteiger partial charge in [0, 0.05) is 10.7 Å². The molecule has 1 heterocycles. The lowest BCUT2D eigenvalue weighted by molar-refractivity contribution is 0.0935. The average Bonchev–Trinajstić information content (AvgIpc) is 2.47. The Morgan fingerprint density at radius 2 is 2.00 bits per heavy atom. The molecule has 20 heavy (non-hydrogen) atoms. The molecule has 1 amide bonds. The average molecular weight is 335 g/mol. The van der Waals surface area contributed by atoms with Gasteiger partial charge in [-0.25, -0.2) is 0 Å². The zero-order chi connectivity index (χ0) is 14.5. The van der Waals surface area contributed by atoms with Gasteiger partial charge in [-0.2, -0.15) is 0 Å². The molecule has 6 heteroatoms. The van der Waals surface area contributed by atoms with Crippen LogP contribution in [0.4, 0.5) is 5.69 Å². The highest BCUT2D eigenvalue weighted by molar-refractivity contribution is 9.10. The van der Waals surface area contributed by atoms with Crippen molar-refractivity contribution in [2.45, 2.75) is 13.0 Å². The van der Waals surface area contributed by atoms with Crippen LogP contribution in [-0.2, 0) is 0 Å². The van der Waals surface area contributed by atoms with Crippen LogP contribution in [0.5, 0.6) is 0 Å². The fraction of sp³-hybridized carbons (Fsp3) is 0.143. The Morgan fingerprint density at radius 1 is 1.30 bits per heavy atom. The summed E-state index contributed by atoms with van der Waals surface area (Å²) >= 11 is 3.38. The first-order valence-corrected chi connectivity index (χ1v) is 6.88. The van der Waals surface area contributed by atoms with Gasteiger partial charge in [0.05, 0.1) is 11.7 Å². The standard InChI is InChI=1S/C14H15BrN4O/c1-9(10-2-4-11(15)5-3-10)18-14(20)13-8-12(19-16)6-7-17-13/h2-9H,16H2,1H3,(H,17,19)(H,18,20). The van der Waals surface area contributed by atoms with Gasteiger partial charge in [-0.3, -0.25) is 15.6 Å². The summed E-state index contributed by atoms with van der Waals surface area (Å²) in [5, 5.41) is 2.90. The number of aromatic nitrogens is 1. The van der Waals surface area contributed by atoms with E-state index in [0.29, 0.717) is 11.4 Å². The zero-order valence-corrected chi connectivity index (χ0v) is 12.5. The summed E-state index contributed by atoms with van der Waals surface area (Å²) in [6.45, 7) is 1.92. The summed E-state index contributed by atoms with van der Waals surface area (Å²) in [5.74, 6) is 5.07. The molecule has 0 aliphatic heterocycles. The zero-order valence-electron chi connectivity index (χ0n) is 10.9. The van der Waals surface area contributed by atoms with Crippen molar-refractivity contribution >= 4 is 27.5 Å². The molecule has 0 aliphatic rings. The first-order chi connectivity index (χ1) is 9.60. The maximum atomic E-state index is 12.1. The molecule has 1 aromatic carbocycles. The highest BCUT2D eigenvalue weighted by Crippen LogP contribution is 2.17. The Hall–Kier alpha value is -1.92. The van der Waals surface area contributed by atoms with E-state index in [9.17, 15) is 4.79 Å². The fourth-order valence-electron chi connectivity index (χ4n) is 1.75. The van der Waals surface area contributed by atoms with Crippen molar-refractivity contribution in [3.8, 4) is 0 Å². The molecule has 4 N–H and O–H groups in total. The molecular weight excluding hydrogens is 320 g/mol. The number of carbonyl (C=O) groups is 1. The number of carbonyl (C=O) groups excluding carboxylic acids is 1. The van der Waals surface area contributed by atoms with Crippen LogP contribution in [0.1, 0.15) is 29.0 Å². The van der Waals surface area contributed by atoms with Crippen molar-refractivity contribution in [3.05, 3.63) is 58.3 Å². The van der Waals surface area contributed by atoms with Crippen LogP contribution in [0.25, 0.3) is 0 Å². The molecule has 1 atom stereocenters. The highest BCUT2D eigenvalue weighted by atomic mass is 79.9. The summed E-state index contributed by atoms with van der Waals surface area (Å²) in [7, 11) is 0. The third-order valence-electron chi connectivity index (χ3n) is 2.88. The summed E-state index contributed by atoms with van der Waals surface area (Å²) < 4.78 is 1.00. The number of anilines is 1. The number of nitrogen functional groups attached to an aromatic ring is 1. The molecule has 0 fully saturated rings. The monoisotopic (exact) mass is 334 g/mol. The Balaban J connectivity index is 2.08. The lowest BCUT2D eigenvalue weighted by atomic mass is 10.1. The first-order valence-electron chi connectivity index (χ1n) is 6.09. The normalized spacial score (nSPS) is 11.8. The molecule has 0 bridgehead atoms. The van der Waals surface area contributed by atoms with Crippen LogP contribution < -0.4 is 16.6 Å². The van der Waals surface area contributed by atoms with Gasteiger partial charge >= 0.3 is 0 Å². The van der Waals surface area contributed by atoms with Crippen molar-refractivity contribution in [2.75, 3.05) is 5.43 Å². The second-order valence-electron chi connectivity index (χ2n) is 4.32. The maximum Gasteiger partial charge on any atom is 0.270 e. The predicted molar refractivity (Wildman–Crippen MR) is 82.1 cm³/mol. The van der Waals surface area contributed by atoms with E-state index in [-0.39, 0.29) is 11.9 Å². The van der Waals surface area contributed by atoms with Crippen LogP contribution in [0.2, 0.25) is 0 Å². The largest absolute Gasteiger partial charge is 0.344 e. The number of amides is 1. The molecule has 0 radical (unpaired) electrons. The summed E-state index contributed by atoms with van der Waals surface area (Å²) in [4.78, 5) is 16.1. The number of nitrogens with one attached hydrogen (secondary N) is 2. The molecule has 5 nitrogen and oxygen atoms in total. The minimum Gasteiger partial charge on any atom is -0.344 e. The minimum absolute atomic E-state index is 0.105. The summed E-state index contributed by atoms with van der Waals surface area (Å²) in [6.07, 6.45) is 1.54. The number of nitrogens with two attached hydrogens (primary N) is 1. The fourth-order valence-corrected chi connectivity index (χ4v) is 2.01. The highest BCUT2D eigenvalue weighted by Gasteiger charge is 2.12. The number of rotatable bonds is 4. The predicted octanol–water partition coefficient (Wildman–Crippen LogP) is 2.62. The molecule has 0 saturated carbocycles. The molecule has 1 unspecified atom stereocenters. The van der Waals surface area contributed by atoms with Gasteiger partial charge in [-0.1, -0.05) is 28.1 Å². The lowest BCUT2D eigenvalue weighted by Gasteiger charge is -2.14. The third-order valence-corrected chi connectivity index (χ3v) is 3.41. The first kappa shape index (κ1) is 14.5. The van der Waals surface area contributed by atoms with Crippen molar-refractivity contribution in [3.63, 3.8) is 0 Å². The smallest absolute Gasteiger partial charge is 0.270 e. The van der Waals surface area contributed by atoms with E-state index in [1.165, 1.54) is 6.20 Å². The minimum atomic E-state index is -0.238. The number of pyridine rings is 1. The van der Waals surface area contributed by atoms with Gasteiger partial charge < -0.3 is 10.7 Å². The van der Waals surface area contributed by atoms with Crippen molar-refractivity contribution in [2.24, 2.45) is 5.84 Å². The van der Waals surface area contributed by atoms with Crippen LogP contribution in [-0.4, -0.2) is 10.9 Å². The quantitative estimate of drug-likeness (QED) is 0.593. The number of hydrazine groups is 1. The van der Waals surface area contributed by atoms with E-state index in [1.54, 1.807) is 12.1 Å². The molecule has 0 spiro atoms. The van der Waals surface area contributed by atoms with Crippen LogP contribution >= 0.6 is 15.9 Å². The second-order valence-corrected chi connectivity index (χ2v) is 5.24.